The third kappa shape index (κ3) is 4.41. The molecule has 1 heterocycles. The maximum Gasteiger partial charge on any atom is 0.225 e. The molecule has 1 aliphatic heterocycles. The number of nitrogens with zero attached hydrogens (tertiary/aromatic N) is 1. The highest BCUT2D eigenvalue weighted by molar-refractivity contribution is 5.85. The van der Waals surface area contributed by atoms with Gasteiger partial charge in [-0.05, 0) is 37.8 Å². The maximum atomic E-state index is 12.1. The Kier molecular flexibility index (Phi) is 6.39. The quantitative estimate of drug-likeness (QED) is 0.710. The number of rotatable bonds is 7. The molecule has 0 radical (unpaired) electrons. The summed E-state index contributed by atoms with van der Waals surface area (Å²) in [5, 5.41) is 3.21. The molecule has 2 aliphatic rings. The van der Waals surface area contributed by atoms with E-state index in [1.54, 1.807) is 0 Å². The molecule has 0 bridgehead atoms. The minimum absolute atomic E-state index is 0. The number of nitrogens with one attached hydrogen (secondary N) is 1. The predicted octanol–water partition coefficient (Wildman–Crippen LogP) is 1.15. The van der Waals surface area contributed by atoms with E-state index in [4.69, 9.17) is 4.74 Å². The average molecular weight is 277 g/mol. The van der Waals surface area contributed by atoms with Crippen LogP contribution < -0.4 is 5.32 Å². The molecule has 1 saturated carbocycles. The number of carbonyl (C=O) groups is 1. The molecule has 106 valence electrons. The lowest BCUT2D eigenvalue weighted by Crippen LogP contribution is -2.50. The van der Waals surface area contributed by atoms with Crippen LogP contribution in [0.5, 0.6) is 0 Å². The van der Waals surface area contributed by atoms with E-state index >= 15 is 0 Å². The summed E-state index contributed by atoms with van der Waals surface area (Å²) in [6, 6.07) is 0. The van der Waals surface area contributed by atoms with Crippen LogP contribution in [0.25, 0.3) is 0 Å². The molecule has 1 aliphatic carbocycles. The Morgan fingerprint density at radius 1 is 1.44 bits per heavy atom. The van der Waals surface area contributed by atoms with Crippen molar-refractivity contribution in [3.8, 4) is 0 Å². The third-order valence-electron chi connectivity index (χ3n) is 3.91. The molecule has 0 aromatic rings. The zero-order valence-electron chi connectivity index (χ0n) is 11.4. The van der Waals surface area contributed by atoms with Gasteiger partial charge in [0.2, 0.25) is 5.91 Å². The summed E-state index contributed by atoms with van der Waals surface area (Å²) in [5.74, 6) is 1.73. The molecule has 1 amide bonds. The number of halogens is 1. The minimum Gasteiger partial charge on any atom is -0.379 e. The molecule has 0 aromatic heterocycles. The highest BCUT2D eigenvalue weighted by Crippen LogP contribution is 2.28. The molecular formula is C13H25ClN2O2. The fourth-order valence-electron chi connectivity index (χ4n) is 2.06. The average Bonchev–Trinajstić information content (AvgIpc) is 3.04. The summed E-state index contributed by atoms with van der Waals surface area (Å²) < 4.78 is 5.55. The molecular weight excluding hydrogens is 252 g/mol. The van der Waals surface area contributed by atoms with Gasteiger partial charge in [-0.3, -0.25) is 4.79 Å². The monoisotopic (exact) mass is 276 g/mol. The molecule has 2 rings (SSSR count). The standard InChI is InChI=1S/C13H24N2O2.ClH/c1-10(12-7-14-8-12)13(16)15(2)5-6-17-9-11-3-4-11;/h10-12,14H,3-9H2,1-2H3;1H. The van der Waals surface area contributed by atoms with Crippen LogP contribution >= 0.6 is 12.4 Å². The predicted molar refractivity (Wildman–Crippen MR) is 74.0 cm³/mol. The number of likely N-dealkylation sites (N-methyl/N-ethyl adjacent to an activating group) is 1. The fourth-order valence-corrected chi connectivity index (χ4v) is 2.06. The lowest BCUT2D eigenvalue weighted by atomic mass is 9.88. The summed E-state index contributed by atoms with van der Waals surface area (Å²) in [4.78, 5) is 13.9. The van der Waals surface area contributed by atoms with Crippen molar-refractivity contribution in [2.75, 3.05) is 39.9 Å². The Balaban J connectivity index is 0.00000162. The molecule has 1 saturated heterocycles. The number of amides is 1. The summed E-state index contributed by atoms with van der Waals surface area (Å²) in [5.41, 5.74) is 0. The Bertz CT molecular complexity index is 268. The lowest BCUT2D eigenvalue weighted by molar-refractivity contribution is -0.136. The van der Waals surface area contributed by atoms with Crippen LogP contribution in [0, 0.1) is 17.8 Å². The van der Waals surface area contributed by atoms with Crippen molar-refractivity contribution in [2.45, 2.75) is 19.8 Å². The number of ether oxygens (including phenoxy) is 1. The van der Waals surface area contributed by atoms with Gasteiger partial charge in [0.15, 0.2) is 0 Å². The van der Waals surface area contributed by atoms with Crippen LogP contribution in [0.3, 0.4) is 0 Å². The Hall–Kier alpha value is -0.320. The first-order chi connectivity index (χ1) is 8.18. The van der Waals surface area contributed by atoms with E-state index in [1.165, 1.54) is 12.8 Å². The van der Waals surface area contributed by atoms with Gasteiger partial charge in [0.25, 0.3) is 0 Å². The summed E-state index contributed by atoms with van der Waals surface area (Å²) >= 11 is 0. The van der Waals surface area contributed by atoms with Gasteiger partial charge < -0.3 is 15.0 Å². The first kappa shape index (κ1) is 15.7. The normalized spacial score (nSPS) is 20.8. The van der Waals surface area contributed by atoms with Crippen molar-refractivity contribution in [1.82, 2.24) is 10.2 Å². The van der Waals surface area contributed by atoms with Crippen LogP contribution in [0.1, 0.15) is 19.8 Å². The molecule has 1 unspecified atom stereocenters. The minimum atomic E-state index is 0. The highest BCUT2D eigenvalue weighted by atomic mass is 35.5. The number of hydrogen-bond donors (Lipinski definition) is 1. The maximum absolute atomic E-state index is 12.1. The highest BCUT2D eigenvalue weighted by Gasteiger charge is 2.30. The van der Waals surface area contributed by atoms with Gasteiger partial charge in [-0.1, -0.05) is 6.92 Å². The van der Waals surface area contributed by atoms with Crippen molar-refractivity contribution in [3.05, 3.63) is 0 Å². The van der Waals surface area contributed by atoms with Crippen molar-refractivity contribution in [2.24, 2.45) is 17.8 Å². The van der Waals surface area contributed by atoms with E-state index in [0.29, 0.717) is 12.5 Å². The Morgan fingerprint density at radius 3 is 2.61 bits per heavy atom. The van der Waals surface area contributed by atoms with E-state index in [-0.39, 0.29) is 24.2 Å². The topological polar surface area (TPSA) is 41.6 Å². The van der Waals surface area contributed by atoms with E-state index in [9.17, 15) is 4.79 Å². The van der Waals surface area contributed by atoms with Crippen molar-refractivity contribution < 1.29 is 9.53 Å². The zero-order valence-corrected chi connectivity index (χ0v) is 12.2. The SMILES string of the molecule is CC(C(=O)N(C)CCOCC1CC1)C1CNC1.Cl. The Morgan fingerprint density at radius 2 is 2.11 bits per heavy atom. The molecule has 0 spiro atoms. The zero-order chi connectivity index (χ0) is 12.3. The molecule has 4 nitrogen and oxygen atoms in total. The summed E-state index contributed by atoms with van der Waals surface area (Å²) in [7, 11) is 1.88. The molecule has 18 heavy (non-hydrogen) atoms. The van der Waals surface area contributed by atoms with Crippen LogP contribution in [-0.2, 0) is 9.53 Å². The molecule has 0 aromatic carbocycles. The van der Waals surface area contributed by atoms with Gasteiger partial charge in [0.1, 0.15) is 0 Å². The van der Waals surface area contributed by atoms with E-state index in [0.717, 1.165) is 32.2 Å². The molecule has 1 atom stereocenters. The summed E-state index contributed by atoms with van der Waals surface area (Å²) in [6.45, 7) is 6.28. The van der Waals surface area contributed by atoms with Crippen molar-refractivity contribution in [3.63, 3.8) is 0 Å². The lowest BCUT2D eigenvalue weighted by Gasteiger charge is -2.33. The van der Waals surface area contributed by atoms with Gasteiger partial charge >= 0.3 is 0 Å². The first-order valence-corrected chi connectivity index (χ1v) is 6.72. The van der Waals surface area contributed by atoms with Crippen molar-refractivity contribution >= 4 is 18.3 Å². The summed E-state index contributed by atoms with van der Waals surface area (Å²) in [6.07, 6.45) is 2.64. The third-order valence-corrected chi connectivity index (χ3v) is 3.91. The molecule has 1 N–H and O–H groups in total. The van der Waals surface area contributed by atoms with Crippen LogP contribution in [0.4, 0.5) is 0 Å². The Labute approximate surface area is 116 Å². The van der Waals surface area contributed by atoms with Crippen LogP contribution in [0.2, 0.25) is 0 Å². The van der Waals surface area contributed by atoms with Crippen LogP contribution in [0.15, 0.2) is 0 Å². The van der Waals surface area contributed by atoms with Gasteiger partial charge in [-0.2, -0.15) is 0 Å². The van der Waals surface area contributed by atoms with Gasteiger partial charge in [-0.15, -0.1) is 12.4 Å². The first-order valence-electron chi connectivity index (χ1n) is 6.72. The van der Waals surface area contributed by atoms with Gasteiger partial charge in [0, 0.05) is 26.1 Å². The fraction of sp³-hybridized carbons (Fsp3) is 0.923. The van der Waals surface area contributed by atoms with Crippen LogP contribution in [-0.4, -0.2) is 50.7 Å². The molecule has 5 heteroatoms. The number of carbonyl (C=O) groups excluding carboxylic acids is 1. The second kappa shape index (κ2) is 7.31. The van der Waals surface area contributed by atoms with E-state index < -0.39 is 0 Å². The van der Waals surface area contributed by atoms with Crippen molar-refractivity contribution in [1.29, 1.82) is 0 Å². The second-order valence-electron chi connectivity index (χ2n) is 5.49. The van der Waals surface area contributed by atoms with Gasteiger partial charge in [-0.25, -0.2) is 0 Å². The van der Waals surface area contributed by atoms with E-state index in [1.807, 2.05) is 18.9 Å². The van der Waals surface area contributed by atoms with Gasteiger partial charge in [0.05, 0.1) is 6.61 Å². The smallest absolute Gasteiger partial charge is 0.225 e. The number of hydrogen-bond acceptors (Lipinski definition) is 3. The second-order valence-corrected chi connectivity index (χ2v) is 5.49. The molecule has 2 fully saturated rings. The largest absolute Gasteiger partial charge is 0.379 e. The van der Waals surface area contributed by atoms with E-state index in [2.05, 4.69) is 5.32 Å².